The molecule has 7 atom stereocenters. The fourth-order valence-corrected chi connectivity index (χ4v) is 8.60. The lowest BCUT2D eigenvalue weighted by molar-refractivity contribution is -0.302. The van der Waals surface area contributed by atoms with E-state index < -0.39 is 49.5 Å². The van der Waals surface area contributed by atoms with Crippen LogP contribution in [-0.4, -0.2) is 87.5 Å². The number of hydrogen-bond acceptors (Lipinski definition) is 8. The Hall–Kier alpha value is -1.59. The first-order valence-electron chi connectivity index (χ1n) is 27.2. The molecule has 0 aliphatic carbocycles. The minimum Gasteiger partial charge on any atom is -0.394 e. The highest BCUT2D eigenvalue weighted by molar-refractivity contribution is 5.76. The van der Waals surface area contributed by atoms with E-state index in [9.17, 15) is 30.3 Å². The molecule has 1 amide bonds. The molecule has 0 aromatic rings. The van der Waals surface area contributed by atoms with Crippen LogP contribution < -0.4 is 5.32 Å². The molecule has 0 aromatic carbocycles. The molecule has 1 heterocycles. The van der Waals surface area contributed by atoms with Gasteiger partial charge in [0.25, 0.3) is 0 Å². The molecule has 9 nitrogen and oxygen atoms in total. The lowest BCUT2D eigenvalue weighted by atomic mass is 9.99. The molecule has 1 aliphatic rings. The molecule has 1 saturated heterocycles. The summed E-state index contributed by atoms with van der Waals surface area (Å²) >= 11 is 0. The van der Waals surface area contributed by atoms with Crippen LogP contribution in [0, 0.1) is 0 Å². The summed E-state index contributed by atoms with van der Waals surface area (Å²) < 4.78 is 11.2. The second-order valence-corrected chi connectivity index (χ2v) is 19.0. The molecular weight excluding hydrogens is 803 g/mol. The van der Waals surface area contributed by atoms with Gasteiger partial charge in [-0.2, -0.15) is 0 Å². The van der Waals surface area contributed by atoms with Crippen LogP contribution in [0.15, 0.2) is 36.5 Å². The fourth-order valence-electron chi connectivity index (χ4n) is 8.60. The van der Waals surface area contributed by atoms with E-state index in [2.05, 4.69) is 43.5 Å². The number of allylic oxidation sites excluding steroid dienone is 5. The van der Waals surface area contributed by atoms with Crippen LogP contribution in [0.3, 0.4) is 0 Å². The molecule has 1 aliphatic heterocycles. The second kappa shape index (κ2) is 45.2. The smallest absolute Gasteiger partial charge is 0.220 e. The third kappa shape index (κ3) is 34.7. The van der Waals surface area contributed by atoms with Crippen molar-refractivity contribution < 1.29 is 39.8 Å². The molecule has 9 heteroatoms. The number of aliphatic hydroxyl groups excluding tert-OH is 5. The maximum atomic E-state index is 13.0. The Bertz CT molecular complexity index is 1100. The van der Waals surface area contributed by atoms with Gasteiger partial charge in [-0.15, -0.1) is 0 Å². The lowest BCUT2D eigenvalue weighted by Crippen LogP contribution is -2.60. The van der Waals surface area contributed by atoms with Crippen molar-refractivity contribution in [3.8, 4) is 0 Å². The van der Waals surface area contributed by atoms with Gasteiger partial charge in [-0.05, 0) is 44.9 Å². The van der Waals surface area contributed by atoms with Crippen molar-refractivity contribution in [3.05, 3.63) is 36.5 Å². The molecule has 376 valence electrons. The number of aliphatic hydroxyl groups is 5. The molecule has 7 unspecified atom stereocenters. The summed E-state index contributed by atoms with van der Waals surface area (Å²) in [6, 6.07) is -0.825. The van der Waals surface area contributed by atoms with Crippen molar-refractivity contribution in [1.29, 1.82) is 0 Å². The fraction of sp³-hybridized carbons (Fsp3) is 0.873. The van der Waals surface area contributed by atoms with Gasteiger partial charge in [0, 0.05) is 6.42 Å². The molecule has 6 N–H and O–H groups in total. The second-order valence-electron chi connectivity index (χ2n) is 19.0. The van der Waals surface area contributed by atoms with Crippen molar-refractivity contribution in [1.82, 2.24) is 5.32 Å². The first-order valence-corrected chi connectivity index (χ1v) is 27.2. The minimum absolute atomic E-state index is 0.190. The van der Waals surface area contributed by atoms with E-state index >= 15 is 0 Å². The maximum absolute atomic E-state index is 13.0. The van der Waals surface area contributed by atoms with Crippen LogP contribution in [-0.2, 0) is 14.3 Å². The number of hydrogen-bond donors (Lipinski definition) is 6. The average Bonchev–Trinajstić information content (AvgIpc) is 3.29. The summed E-state index contributed by atoms with van der Waals surface area (Å²) in [6.45, 7) is 3.77. The summed E-state index contributed by atoms with van der Waals surface area (Å²) in [7, 11) is 0. The molecule has 0 spiro atoms. The van der Waals surface area contributed by atoms with E-state index in [0.717, 1.165) is 44.9 Å². The number of amides is 1. The highest BCUT2D eigenvalue weighted by Gasteiger charge is 2.44. The highest BCUT2D eigenvalue weighted by Crippen LogP contribution is 2.23. The maximum Gasteiger partial charge on any atom is 0.220 e. The normalized spacial score (nSPS) is 20.3. The van der Waals surface area contributed by atoms with Gasteiger partial charge in [0.1, 0.15) is 24.4 Å². The topological polar surface area (TPSA) is 149 Å². The number of rotatable bonds is 46. The summed E-state index contributed by atoms with van der Waals surface area (Å²) in [6.07, 6.45) is 50.8. The average molecular weight is 906 g/mol. The zero-order valence-corrected chi connectivity index (χ0v) is 41.5. The molecule has 0 saturated carbocycles. The molecule has 1 rings (SSSR count). The summed E-state index contributed by atoms with van der Waals surface area (Å²) in [5, 5.41) is 54.3. The summed E-state index contributed by atoms with van der Waals surface area (Å²) in [5.74, 6) is -0.190. The van der Waals surface area contributed by atoms with Crippen molar-refractivity contribution >= 4 is 5.91 Å². The van der Waals surface area contributed by atoms with Gasteiger partial charge in [-0.1, -0.05) is 237 Å². The van der Waals surface area contributed by atoms with E-state index in [1.807, 2.05) is 6.08 Å². The van der Waals surface area contributed by atoms with Gasteiger partial charge in [0.2, 0.25) is 5.91 Å². The number of carbonyl (C=O) groups is 1. The molecule has 1 fully saturated rings. The van der Waals surface area contributed by atoms with E-state index in [1.54, 1.807) is 6.08 Å². The van der Waals surface area contributed by atoms with Gasteiger partial charge in [-0.25, -0.2) is 0 Å². The lowest BCUT2D eigenvalue weighted by Gasteiger charge is -2.40. The predicted molar refractivity (Wildman–Crippen MR) is 267 cm³/mol. The number of ether oxygens (including phenoxy) is 2. The van der Waals surface area contributed by atoms with Gasteiger partial charge in [-0.3, -0.25) is 4.79 Å². The minimum atomic E-state index is -1.57. The summed E-state index contributed by atoms with van der Waals surface area (Å²) in [5.41, 5.74) is 0. The van der Waals surface area contributed by atoms with Crippen LogP contribution in [0.2, 0.25) is 0 Å². The van der Waals surface area contributed by atoms with Gasteiger partial charge in [0.15, 0.2) is 6.29 Å². The molecule has 64 heavy (non-hydrogen) atoms. The quantitative estimate of drug-likeness (QED) is 0.0261. The van der Waals surface area contributed by atoms with Crippen molar-refractivity contribution in [2.24, 2.45) is 0 Å². The Morgan fingerprint density at radius 1 is 0.516 bits per heavy atom. The molecule has 0 bridgehead atoms. The van der Waals surface area contributed by atoms with Gasteiger partial charge in [0.05, 0.1) is 25.4 Å². The first-order chi connectivity index (χ1) is 31.3. The SMILES string of the molecule is CCCCCCCCCCCCCCCCCCCC/C=C/CC/C=C/CC/C=C/C(O)C(COC1OC(CO)C(O)C(O)C1O)NC(=O)CCCCCCCCCCCCCCC. The van der Waals surface area contributed by atoms with Crippen LogP contribution in [0.5, 0.6) is 0 Å². The molecular formula is C55H103NO8. The van der Waals surface area contributed by atoms with E-state index in [1.165, 1.54) is 186 Å². The van der Waals surface area contributed by atoms with Crippen molar-refractivity contribution in [2.75, 3.05) is 13.2 Å². The zero-order valence-electron chi connectivity index (χ0n) is 41.5. The molecule has 0 radical (unpaired) electrons. The Labute approximate surface area is 393 Å². The number of carbonyl (C=O) groups excluding carboxylic acids is 1. The Kier molecular flexibility index (Phi) is 42.7. The Morgan fingerprint density at radius 3 is 1.31 bits per heavy atom. The van der Waals surface area contributed by atoms with E-state index in [4.69, 9.17) is 9.47 Å². The van der Waals surface area contributed by atoms with Gasteiger partial charge < -0.3 is 40.3 Å². The number of nitrogens with one attached hydrogen (secondary N) is 1. The van der Waals surface area contributed by atoms with Crippen molar-refractivity contribution in [2.45, 2.75) is 294 Å². The largest absolute Gasteiger partial charge is 0.394 e. The Morgan fingerprint density at radius 2 is 0.891 bits per heavy atom. The van der Waals surface area contributed by atoms with E-state index in [0.29, 0.717) is 6.42 Å². The third-order valence-electron chi connectivity index (χ3n) is 12.9. The predicted octanol–water partition coefficient (Wildman–Crippen LogP) is 12.8. The Balaban J connectivity index is 2.25. The first kappa shape index (κ1) is 60.4. The van der Waals surface area contributed by atoms with E-state index in [-0.39, 0.29) is 12.5 Å². The third-order valence-corrected chi connectivity index (χ3v) is 12.9. The molecule has 0 aromatic heterocycles. The van der Waals surface area contributed by atoms with Crippen LogP contribution in [0.25, 0.3) is 0 Å². The standard InChI is InChI=1S/C55H103NO8/c1-3-5-7-9-11-13-15-17-18-19-20-21-22-23-24-25-26-27-28-29-30-31-33-34-36-38-40-42-44-49(58)48(47-63-55-54(62)53(61)52(60)50(46-57)64-55)56-51(59)45-43-41-39-37-35-32-16-14-12-10-8-6-4-2/h29-30,34,36,42,44,48-50,52-55,57-58,60-62H,3-28,31-33,35,37-41,43,45-47H2,1-2H3,(H,56,59)/b30-29+,36-34+,44-42+. The van der Waals surface area contributed by atoms with Gasteiger partial charge >= 0.3 is 0 Å². The van der Waals surface area contributed by atoms with Crippen molar-refractivity contribution in [3.63, 3.8) is 0 Å². The summed E-state index contributed by atoms with van der Waals surface area (Å²) in [4.78, 5) is 13.0. The van der Waals surface area contributed by atoms with Crippen LogP contribution >= 0.6 is 0 Å². The zero-order chi connectivity index (χ0) is 46.6. The van der Waals surface area contributed by atoms with Crippen LogP contribution in [0.4, 0.5) is 0 Å². The monoisotopic (exact) mass is 906 g/mol. The number of unbranched alkanes of at least 4 members (excludes halogenated alkanes) is 32. The van der Waals surface area contributed by atoms with Crippen LogP contribution in [0.1, 0.15) is 251 Å². The highest BCUT2D eigenvalue weighted by atomic mass is 16.7.